The number of nitrogens with zero attached hydrogens (tertiary/aromatic N) is 2. The summed E-state index contributed by atoms with van der Waals surface area (Å²) in [5, 5.41) is 6.37. The van der Waals surface area contributed by atoms with Crippen molar-refractivity contribution in [2.24, 2.45) is 10.9 Å². The van der Waals surface area contributed by atoms with E-state index in [4.69, 9.17) is 4.42 Å². The van der Waals surface area contributed by atoms with Crippen LogP contribution < -0.4 is 10.6 Å². The van der Waals surface area contributed by atoms with E-state index in [1.165, 1.54) is 10.6 Å². The smallest absolute Gasteiger partial charge is 0.211 e. The second-order valence-electron chi connectivity index (χ2n) is 5.16. The molecule has 7 nitrogen and oxygen atoms in total. The summed E-state index contributed by atoms with van der Waals surface area (Å²) in [5.41, 5.74) is 0. The Morgan fingerprint density at radius 1 is 1.50 bits per heavy atom. The van der Waals surface area contributed by atoms with E-state index < -0.39 is 10.0 Å². The molecule has 1 atom stereocenters. The van der Waals surface area contributed by atoms with Crippen LogP contribution in [0, 0.1) is 5.92 Å². The molecule has 9 heteroatoms. The van der Waals surface area contributed by atoms with Crippen molar-refractivity contribution >= 4 is 40.0 Å². The van der Waals surface area contributed by atoms with Crippen LogP contribution in [0.15, 0.2) is 27.8 Å². The molecule has 1 fully saturated rings. The molecule has 0 aromatic carbocycles. The van der Waals surface area contributed by atoms with Crippen LogP contribution in [-0.2, 0) is 16.6 Å². The van der Waals surface area contributed by atoms with Gasteiger partial charge in [-0.3, -0.25) is 4.99 Å². The molecule has 2 N–H and O–H groups in total. The Kier molecular flexibility index (Phi) is 7.63. The second kappa shape index (κ2) is 8.73. The van der Waals surface area contributed by atoms with E-state index in [1.54, 1.807) is 13.3 Å². The first kappa shape index (κ1) is 19.2. The largest absolute Gasteiger partial charge is 0.467 e. The van der Waals surface area contributed by atoms with Gasteiger partial charge in [-0.2, -0.15) is 0 Å². The van der Waals surface area contributed by atoms with Gasteiger partial charge in [-0.1, -0.05) is 0 Å². The van der Waals surface area contributed by atoms with Gasteiger partial charge in [0.15, 0.2) is 5.96 Å². The second-order valence-corrected chi connectivity index (χ2v) is 7.14. The molecule has 1 aromatic heterocycles. The number of hydrogen-bond acceptors (Lipinski definition) is 4. The number of sulfonamides is 1. The van der Waals surface area contributed by atoms with Crippen LogP contribution in [0.4, 0.5) is 0 Å². The highest BCUT2D eigenvalue weighted by Gasteiger charge is 2.28. The quantitative estimate of drug-likeness (QED) is 0.401. The minimum absolute atomic E-state index is 0. The summed E-state index contributed by atoms with van der Waals surface area (Å²) in [6.45, 7) is 2.43. The third-order valence-corrected chi connectivity index (χ3v) is 4.78. The van der Waals surface area contributed by atoms with Crippen LogP contribution in [0.5, 0.6) is 0 Å². The van der Waals surface area contributed by atoms with E-state index in [-0.39, 0.29) is 24.0 Å². The molecule has 1 unspecified atom stereocenters. The summed E-state index contributed by atoms with van der Waals surface area (Å²) in [7, 11) is -1.37. The summed E-state index contributed by atoms with van der Waals surface area (Å²) in [6.07, 6.45) is 3.76. The summed E-state index contributed by atoms with van der Waals surface area (Å²) >= 11 is 0. The lowest BCUT2D eigenvalue weighted by Gasteiger charge is -2.16. The molecule has 0 amide bonds. The van der Waals surface area contributed by atoms with Crippen LogP contribution in [0.3, 0.4) is 0 Å². The molecule has 22 heavy (non-hydrogen) atoms. The Balaban J connectivity index is 0.00000242. The summed E-state index contributed by atoms with van der Waals surface area (Å²) in [6, 6.07) is 3.73. The van der Waals surface area contributed by atoms with Crippen molar-refractivity contribution in [1.29, 1.82) is 0 Å². The molecule has 2 heterocycles. The molecule has 0 bridgehead atoms. The fraction of sp³-hybridized carbons (Fsp3) is 0.615. The molecule has 0 aliphatic carbocycles. The Bertz CT molecular complexity index is 574. The molecule has 1 aliphatic rings. The summed E-state index contributed by atoms with van der Waals surface area (Å²) in [4.78, 5) is 4.14. The fourth-order valence-corrected chi connectivity index (χ4v) is 3.23. The van der Waals surface area contributed by atoms with Gasteiger partial charge in [-0.15, -0.1) is 24.0 Å². The highest BCUT2D eigenvalue weighted by atomic mass is 127. The Morgan fingerprint density at radius 3 is 2.82 bits per heavy atom. The number of nitrogens with one attached hydrogen (secondary N) is 2. The molecule has 2 rings (SSSR count). The molecule has 0 saturated carbocycles. The average molecular weight is 442 g/mol. The Labute approximate surface area is 148 Å². The van der Waals surface area contributed by atoms with E-state index >= 15 is 0 Å². The van der Waals surface area contributed by atoms with Gasteiger partial charge in [0.05, 0.1) is 19.1 Å². The lowest BCUT2D eigenvalue weighted by Crippen LogP contribution is -2.40. The van der Waals surface area contributed by atoms with Crippen LogP contribution in [-0.4, -0.2) is 51.6 Å². The maximum Gasteiger partial charge on any atom is 0.211 e. The molecule has 1 aromatic rings. The zero-order valence-corrected chi connectivity index (χ0v) is 15.9. The van der Waals surface area contributed by atoms with Gasteiger partial charge in [-0.05, 0) is 24.5 Å². The molecule has 0 radical (unpaired) electrons. The average Bonchev–Trinajstić information content (AvgIpc) is 3.09. The van der Waals surface area contributed by atoms with Gasteiger partial charge >= 0.3 is 0 Å². The van der Waals surface area contributed by atoms with E-state index in [2.05, 4.69) is 15.6 Å². The minimum atomic E-state index is -3.07. The van der Waals surface area contributed by atoms with Gasteiger partial charge < -0.3 is 15.1 Å². The van der Waals surface area contributed by atoms with Crippen molar-refractivity contribution in [3.05, 3.63) is 24.2 Å². The number of hydrogen-bond donors (Lipinski definition) is 2. The number of furan rings is 1. The number of aliphatic imine (C=N–C) groups is 1. The van der Waals surface area contributed by atoms with Gasteiger partial charge in [0.2, 0.25) is 10.0 Å². The standard InChI is InChI=1S/C13H22N4O3S.HI/c1-14-13(16-9-12-4-3-7-20-12)15-8-11-5-6-17(10-11)21(2,18)19;/h3-4,7,11H,5-6,8-10H2,1-2H3,(H2,14,15,16);1H. The number of guanidine groups is 1. The van der Waals surface area contributed by atoms with Crippen molar-refractivity contribution in [1.82, 2.24) is 14.9 Å². The first-order valence-electron chi connectivity index (χ1n) is 6.91. The molecular weight excluding hydrogens is 419 g/mol. The molecule has 0 spiro atoms. The zero-order chi connectivity index (χ0) is 15.3. The molecule has 126 valence electrons. The highest BCUT2D eigenvalue weighted by molar-refractivity contribution is 14.0. The SMILES string of the molecule is CN=C(NCc1ccco1)NCC1CCN(S(C)(=O)=O)C1.I. The summed E-state index contributed by atoms with van der Waals surface area (Å²) in [5.74, 6) is 1.83. The number of rotatable bonds is 5. The van der Waals surface area contributed by atoms with Crippen LogP contribution in [0.1, 0.15) is 12.2 Å². The summed E-state index contributed by atoms with van der Waals surface area (Å²) < 4.78 is 29.7. The first-order valence-corrected chi connectivity index (χ1v) is 8.76. The van der Waals surface area contributed by atoms with Crippen molar-refractivity contribution in [3.63, 3.8) is 0 Å². The van der Waals surface area contributed by atoms with Crippen molar-refractivity contribution in [2.45, 2.75) is 13.0 Å². The van der Waals surface area contributed by atoms with Crippen molar-refractivity contribution in [2.75, 3.05) is 32.9 Å². The monoisotopic (exact) mass is 442 g/mol. The maximum absolute atomic E-state index is 11.5. The van der Waals surface area contributed by atoms with E-state index in [9.17, 15) is 8.42 Å². The number of halogens is 1. The van der Waals surface area contributed by atoms with E-state index in [1.807, 2.05) is 12.1 Å². The topological polar surface area (TPSA) is 86.9 Å². The maximum atomic E-state index is 11.5. The lowest BCUT2D eigenvalue weighted by molar-refractivity contribution is 0.458. The Hall–Kier alpha value is -0.810. The van der Waals surface area contributed by atoms with Crippen LogP contribution in [0.2, 0.25) is 0 Å². The van der Waals surface area contributed by atoms with Crippen molar-refractivity contribution in [3.8, 4) is 0 Å². The van der Waals surface area contributed by atoms with E-state index in [0.29, 0.717) is 38.1 Å². The predicted octanol–water partition coefficient (Wildman–Crippen LogP) is 0.844. The molecule has 1 aliphatic heterocycles. The van der Waals surface area contributed by atoms with Gasteiger partial charge in [0, 0.05) is 26.7 Å². The Morgan fingerprint density at radius 2 is 2.27 bits per heavy atom. The van der Waals surface area contributed by atoms with Gasteiger partial charge in [0.1, 0.15) is 5.76 Å². The van der Waals surface area contributed by atoms with Crippen LogP contribution >= 0.6 is 24.0 Å². The third kappa shape index (κ3) is 5.76. The molecular formula is C13H23IN4O3S. The van der Waals surface area contributed by atoms with Crippen LogP contribution in [0.25, 0.3) is 0 Å². The zero-order valence-electron chi connectivity index (χ0n) is 12.8. The fourth-order valence-electron chi connectivity index (χ4n) is 2.31. The van der Waals surface area contributed by atoms with Gasteiger partial charge in [-0.25, -0.2) is 12.7 Å². The first-order chi connectivity index (χ1) is 9.99. The third-order valence-electron chi connectivity index (χ3n) is 3.51. The molecule has 1 saturated heterocycles. The normalized spacial score (nSPS) is 19.7. The lowest BCUT2D eigenvalue weighted by atomic mass is 10.1. The minimum Gasteiger partial charge on any atom is -0.467 e. The van der Waals surface area contributed by atoms with Crippen molar-refractivity contribution < 1.29 is 12.8 Å². The van der Waals surface area contributed by atoms with Gasteiger partial charge in [0.25, 0.3) is 0 Å². The van der Waals surface area contributed by atoms with E-state index in [0.717, 1.165) is 12.2 Å². The highest BCUT2D eigenvalue weighted by Crippen LogP contribution is 2.17. The predicted molar refractivity (Wildman–Crippen MR) is 96.8 cm³/mol.